The molecule has 53 heavy (non-hydrogen) atoms. The van der Waals surface area contributed by atoms with Crippen LogP contribution in [0, 0.1) is 0 Å². The van der Waals surface area contributed by atoms with E-state index in [9.17, 15) is 13.2 Å². The summed E-state index contributed by atoms with van der Waals surface area (Å²) >= 11 is 0. The van der Waals surface area contributed by atoms with E-state index in [0.29, 0.717) is 17.1 Å². The van der Waals surface area contributed by atoms with Gasteiger partial charge in [0.05, 0.1) is 28.0 Å². The molecule has 2 heterocycles. The molecule has 0 amide bonds. The number of para-hydroxylation sites is 2. The topological polar surface area (TPSA) is 30.7 Å². The highest BCUT2D eigenvalue weighted by Gasteiger charge is 2.30. The van der Waals surface area contributed by atoms with Crippen LogP contribution in [0.25, 0.3) is 83.6 Å². The van der Waals surface area contributed by atoms with Crippen molar-refractivity contribution in [2.75, 3.05) is 0 Å². The Morgan fingerprint density at radius 2 is 0.830 bits per heavy atom. The fourth-order valence-electron chi connectivity index (χ4n) is 7.03. The van der Waals surface area contributed by atoms with E-state index in [-0.39, 0.29) is 0 Å². The summed E-state index contributed by atoms with van der Waals surface area (Å²) in [5, 5.41) is 2.38. The van der Waals surface area contributed by atoms with Crippen LogP contribution in [0.5, 0.6) is 0 Å². The molecular weight excluding hydrogens is 664 g/mol. The zero-order chi connectivity index (χ0) is 35.9. The Labute approximate surface area is 304 Å². The van der Waals surface area contributed by atoms with Crippen molar-refractivity contribution < 1.29 is 13.2 Å². The van der Waals surface area contributed by atoms with Crippen LogP contribution in [-0.2, 0) is 6.18 Å². The van der Waals surface area contributed by atoms with Crippen molar-refractivity contribution >= 4 is 21.8 Å². The molecule has 0 aliphatic carbocycles. The van der Waals surface area contributed by atoms with Gasteiger partial charge in [0.2, 0.25) is 0 Å². The van der Waals surface area contributed by atoms with E-state index in [4.69, 9.17) is 9.97 Å². The highest BCUT2D eigenvalue weighted by molar-refractivity contribution is 6.09. The Morgan fingerprint density at radius 3 is 1.38 bits per heavy atom. The molecule has 0 radical (unpaired) electrons. The zero-order valence-electron chi connectivity index (χ0n) is 28.3. The smallest absolute Gasteiger partial charge is 0.309 e. The number of alkyl halides is 3. The van der Waals surface area contributed by atoms with Crippen molar-refractivity contribution in [1.82, 2.24) is 14.5 Å². The summed E-state index contributed by atoms with van der Waals surface area (Å²) in [4.78, 5) is 10.0. The van der Waals surface area contributed by atoms with Gasteiger partial charge in [-0.1, -0.05) is 121 Å². The maximum absolute atomic E-state index is 13.5. The van der Waals surface area contributed by atoms with Crippen molar-refractivity contribution in [3.05, 3.63) is 188 Å². The van der Waals surface area contributed by atoms with Crippen LogP contribution in [0.3, 0.4) is 0 Å². The second-order valence-electron chi connectivity index (χ2n) is 13.0. The summed E-state index contributed by atoms with van der Waals surface area (Å²) in [5.41, 5.74) is 10.0. The number of aromatic nitrogens is 3. The molecule has 0 fully saturated rings. The Bertz CT molecular complexity index is 2620. The van der Waals surface area contributed by atoms with Crippen LogP contribution in [0.4, 0.5) is 13.2 Å². The molecule has 254 valence electrons. The third kappa shape index (κ3) is 6.14. The normalized spacial score (nSPS) is 11.7. The summed E-state index contributed by atoms with van der Waals surface area (Å²) in [5.74, 6) is 0.582. The molecule has 0 spiro atoms. The number of nitrogens with zero attached hydrogens (tertiary/aromatic N) is 3. The van der Waals surface area contributed by atoms with Crippen LogP contribution in [0.1, 0.15) is 5.56 Å². The Morgan fingerprint density at radius 1 is 0.377 bits per heavy atom. The SMILES string of the molecule is FC(F)(F)c1ccc(-c2cc(-c3ccc(-n4c5ccccc5c5ccccc54)cc3)cc(-c3cc(-c4ccccc4)nc(-c4ccccc4)n3)c2)cc1. The summed E-state index contributed by atoms with van der Waals surface area (Å²) in [6.07, 6.45) is -4.42. The molecule has 0 saturated carbocycles. The van der Waals surface area contributed by atoms with Gasteiger partial charge in [-0.3, -0.25) is 0 Å². The highest BCUT2D eigenvalue weighted by atomic mass is 19.4. The first-order valence-corrected chi connectivity index (χ1v) is 17.3. The van der Waals surface area contributed by atoms with Gasteiger partial charge >= 0.3 is 6.18 Å². The lowest BCUT2D eigenvalue weighted by Gasteiger charge is -2.14. The van der Waals surface area contributed by atoms with Crippen LogP contribution in [-0.4, -0.2) is 14.5 Å². The molecule has 0 unspecified atom stereocenters. The van der Waals surface area contributed by atoms with Gasteiger partial charge in [-0.05, 0) is 82.9 Å². The second-order valence-corrected chi connectivity index (χ2v) is 13.0. The minimum absolute atomic E-state index is 0.582. The molecule has 3 nitrogen and oxygen atoms in total. The first-order chi connectivity index (χ1) is 25.9. The molecule has 9 rings (SSSR count). The summed E-state index contributed by atoms with van der Waals surface area (Å²) in [6.45, 7) is 0. The molecule has 6 heteroatoms. The average Bonchev–Trinajstić information content (AvgIpc) is 3.55. The van der Waals surface area contributed by atoms with Gasteiger partial charge in [-0.25, -0.2) is 9.97 Å². The Balaban J connectivity index is 1.21. The van der Waals surface area contributed by atoms with Crippen LogP contribution in [0.15, 0.2) is 182 Å². The van der Waals surface area contributed by atoms with Crippen LogP contribution in [0.2, 0.25) is 0 Å². The third-order valence-corrected chi connectivity index (χ3v) is 9.64. The largest absolute Gasteiger partial charge is 0.416 e. The predicted molar refractivity (Wildman–Crippen MR) is 209 cm³/mol. The number of hydrogen-bond acceptors (Lipinski definition) is 2. The number of rotatable bonds is 6. The first-order valence-electron chi connectivity index (χ1n) is 17.3. The van der Waals surface area contributed by atoms with Crippen molar-refractivity contribution in [2.45, 2.75) is 6.18 Å². The fourth-order valence-corrected chi connectivity index (χ4v) is 7.03. The molecule has 0 bridgehead atoms. The molecule has 0 N–H and O–H groups in total. The van der Waals surface area contributed by atoms with E-state index >= 15 is 0 Å². The van der Waals surface area contributed by atoms with Gasteiger partial charge in [0, 0.05) is 33.2 Å². The molecule has 0 aliphatic rings. The van der Waals surface area contributed by atoms with E-state index in [1.807, 2.05) is 78.9 Å². The minimum atomic E-state index is -4.42. The van der Waals surface area contributed by atoms with Gasteiger partial charge in [0.1, 0.15) is 0 Å². The zero-order valence-corrected chi connectivity index (χ0v) is 28.3. The van der Waals surface area contributed by atoms with E-state index in [1.165, 1.54) is 22.9 Å². The lowest BCUT2D eigenvalue weighted by atomic mass is 9.94. The Kier molecular flexibility index (Phi) is 7.93. The lowest BCUT2D eigenvalue weighted by molar-refractivity contribution is -0.137. The maximum Gasteiger partial charge on any atom is 0.416 e. The number of fused-ring (bicyclic) bond motifs is 3. The summed E-state index contributed by atoms with van der Waals surface area (Å²) in [7, 11) is 0. The number of halogens is 3. The number of hydrogen-bond donors (Lipinski definition) is 0. The van der Waals surface area contributed by atoms with Gasteiger partial charge in [-0.2, -0.15) is 13.2 Å². The van der Waals surface area contributed by atoms with Crippen molar-refractivity contribution in [2.24, 2.45) is 0 Å². The van der Waals surface area contributed by atoms with E-state index in [0.717, 1.165) is 67.9 Å². The third-order valence-electron chi connectivity index (χ3n) is 9.64. The van der Waals surface area contributed by atoms with Crippen molar-refractivity contribution in [3.8, 4) is 61.8 Å². The minimum Gasteiger partial charge on any atom is -0.309 e. The predicted octanol–water partition coefficient (Wildman–Crippen LogP) is 12.9. The van der Waals surface area contributed by atoms with Crippen LogP contribution >= 0.6 is 0 Å². The Hall–Kier alpha value is -6.79. The van der Waals surface area contributed by atoms with Gasteiger partial charge in [0.15, 0.2) is 5.82 Å². The maximum atomic E-state index is 13.5. The molecule has 9 aromatic rings. The molecule has 0 saturated heterocycles. The monoisotopic (exact) mass is 693 g/mol. The highest BCUT2D eigenvalue weighted by Crippen LogP contribution is 2.37. The second kappa shape index (κ2) is 13.1. The van der Waals surface area contributed by atoms with Crippen molar-refractivity contribution in [3.63, 3.8) is 0 Å². The van der Waals surface area contributed by atoms with E-state index in [1.54, 1.807) is 0 Å². The standard InChI is InChI=1S/C47H30F3N3/c48-47(49,50)38-23-19-31(20-24-38)35-27-36(32-21-25-39(26-22-32)53-44-17-9-7-15-40(44)41-16-8-10-18-45(41)53)29-37(28-35)43-30-42(33-11-3-1-4-12-33)51-46(52-43)34-13-5-2-6-14-34/h1-30H. The molecule has 0 aliphatic heterocycles. The van der Waals surface area contributed by atoms with Gasteiger partial charge < -0.3 is 4.57 Å². The lowest BCUT2D eigenvalue weighted by Crippen LogP contribution is -2.04. The summed E-state index contributed by atoms with van der Waals surface area (Å²) < 4.78 is 42.9. The molecule has 7 aromatic carbocycles. The summed E-state index contributed by atoms with van der Waals surface area (Å²) in [6, 6.07) is 58.4. The first kappa shape index (κ1) is 32.1. The molecule has 2 aromatic heterocycles. The van der Waals surface area contributed by atoms with Gasteiger partial charge in [-0.15, -0.1) is 0 Å². The molecular formula is C47H30F3N3. The molecule has 0 atom stereocenters. The number of benzene rings is 7. The quantitative estimate of drug-likeness (QED) is 0.174. The van der Waals surface area contributed by atoms with Crippen LogP contribution < -0.4 is 0 Å². The van der Waals surface area contributed by atoms with E-state index < -0.39 is 11.7 Å². The van der Waals surface area contributed by atoms with Crippen molar-refractivity contribution in [1.29, 1.82) is 0 Å². The average molecular weight is 694 g/mol. The fraction of sp³-hybridized carbons (Fsp3) is 0.0213. The van der Waals surface area contributed by atoms with Gasteiger partial charge in [0.25, 0.3) is 0 Å². The van der Waals surface area contributed by atoms with E-state index in [2.05, 4.69) is 83.4 Å².